The molecule has 2 unspecified atom stereocenters. The van der Waals surface area contributed by atoms with E-state index in [2.05, 4.69) is 27.8 Å². The van der Waals surface area contributed by atoms with Crippen molar-refractivity contribution in [2.24, 2.45) is 0 Å². The molecule has 0 rings (SSSR count). The van der Waals surface area contributed by atoms with Crippen molar-refractivity contribution in [3.8, 4) is 11.8 Å². The van der Waals surface area contributed by atoms with Crippen LogP contribution >= 0.6 is 15.9 Å². The maximum Gasteiger partial charge on any atom is 0.114 e. The Morgan fingerprint density at radius 1 is 1.56 bits per heavy atom. The Labute approximate surface area is 64.6 Å². The Hall–Kier alpha value is 0. The van der Waals surface area contributed by atoms with Crippen LogP contribution in [0.2, 0.25) is 0 Å². The van der Waals surface area contributed by atoms with Crippen LogP contribution in [0.1, 0.15) is 20.3 Å². The van der Waals surface area contributed by atoms with Gasteiger partial charge in [0.2, 0.25) is 0 Å². The van der Waals surface area contributed by atoms with Crippen LogP contribution in [-0.2, 0) is 0 Å². The van der Waals surface area contributed by atoms with E-state index in [0.717, 1.165) is 0 Å². The van der Waals surface area contributed by atoms with Crippen LogP contribution in [0.4, 0.5) is 0 Å². The fourth-order valence-electron chi connectivity index (χ4n) is 0.313. The van der Waals surface area contributed by atoms with Gasteiger partial charge in [-0.25, -0.2) is 0 Å². The second-order valence-corrected chi connectivity index (χ2v) is 3.20. The van der Waals surface area contributed by atoms with Crippen LogP contribution in [0.25, 0.3) is 0 Å². The van der Waals surface area contributed by atoms with Gasteiger partial charge in [0, 0.05) is 0 Å². The predicted molar refractivity (Wildman–Crippen MR) is 42.5 cm³/mol. The number of hydrogen-bond acceptors (Lipinski definition) is 1. The molecule has 0 aromatic carbocycles. The molecule has 0 saturated heterocycles. The van der Waals surface area contributed by atoms with Crippen molar-refractivity contribution in [3.63, 3.8) is 0 Å². The van der Waals surface area contributed by atoms with E-state index in [4.69, 9.17) is 5.11 Å². The van der Waals surface area contributed by atoms with E-state index in [1.165, 1.54) is 0 Å². The Kier molecular flexibility index (Phi) is 4.84. The SMILES string of the molecule is CCC(O)C#CC(C)Br. The number of hydrogen-bond donors (Lipinski definition) is 1. The molecule has 0 spiro atoms. The highest BCUT2D eigenvalue weighted by Crippen LogP contribution is 1.94. The second kappa shape index (κ2) is 4.84. The topological polar surface area (TPSA) is 20.2 Å². The van der Waals surface area contributed by atoms with Crippen LogP contribution in [0.15, 0.2) is 0 Å². The van der Waals surface area contributed by atoms with Gasteiger partial charge in [-0.05, 0) is 13.3 Å². The summed E-state index contributed by atoms with van der Waals surface area (Å²) >= 11 is 3.25. The normalized spacial score (nSPS) is 15.6. The van der Waals surface area contributed by atoms with Crippen molar-refractivity contribution >= 4 is 15.9 Å². The summed E-state index contributed by atoms with van der Waals surface area (Å²) in [6.07, 6.45) is 0.247. The maximum atomic E-state index is 8.91. The first kappa shape index (κ1) is 9.00. The summed E-state index contributed by atoms with van der Waals surface area (Å²) in [4.78, 5) is 0.179. The van der Waals surface area contributed by atoms with Crippen molar-refractivity contribution < 1.29 is 5.11 Å². The first-order valence-corrected chi connectivity index (χ1v) is 3.91. The summed E-state index contributed by atoms with van der Waals surface area (Å²) in [5, 5.41) is 8.91. The highest BCUT2D eigenvalue weighted by atomic mass is 79.9. The minimum Gasteiger partial charge on any atom is -0.380 e. The lowest BCUT2D eigenvalue weighted by Gasteiger charge is -1.94. The Balaban J connectivity index is 3.58. The first-order chi connectivity index (χ1) is 4.16. The first-order valence-electron chi connectivity index (χ1n) is 3.00. The van der Waals surface area contributed by atoms with E-state index in [9.17, 15) is 0 Å². The van der Waals surface area contributed by atoms with Crippen molar-refractivity contribution in [2.75, 3.05) is 0 Å². The standard InChI is InChI=1S/C7H11BrO/c1-3-7(9)5-4-6(2)8/h6-7,9H,3H2,1-2H3. The maximum absolute atomic E-state index is 8.91. The zero-order valence-corrected chi connectivity index (χ0v) is 7.27. The molecule has 0 aliphatic heterocycles. The lowest BCUT2D eigenvalue weighted by molar-refractivity contribution is 0.228. The average Bonchev–Trinajstić information content (AvgIpc) is 1.83. The zero-order valence-electron chi connectivity index (χ0n) is 5.69. The Bertz CT molecular complexity index is 121. The van der Waals surface area contributed by atoms with Gasteiger partial charge in [-0.15, -0.1) is 0 Å². The molecule has 0 fully saturated rings. The van der Waals surface area contributed by atoms with E-state index in [0.29, 0.717) is 6.42 Å². The second-order valence-electron chi connectivity index (χ2n) is 1.83. The molecule has 2 atom stereocenters. The number of aliphatic hydroxyl groups excluding tert-OH is 1. The van der Waals surface area contributed by atoms with Crippen LogP contribution < -0.4 is 0 Å². The molecular formula is C7H11BrO. The molecule has 0 radical (unpaired) electrons. The summed E-state index contributed by atoms with van der Waals surface area (Å²) in [5.74, 6) is 5.50. The highest BCUT2D eigenvalue weighted by molar-refractivity contribution is 9.09. The average molecular weight is 191 g/mol. The van der Waals surface area contributed by atoms with Crippen molar-refractivity contribution in [2.45, 2.75) is 31.2 Å². The van der Waals surface area contributed by atoms with Crippen molar-refractivity contribution in [1.82, 2.24) is 0 Å². The molecule has 0 aliphatic carbocycles. The fourth-order valence-corrected chi connectivity index (χ4v) is 0.445. The van der Waals surface area contributed by atoms with Crippen molar-refractivity contribution in [3.05, 3.63) is 0 Å². The predicted octanol–water partition coefficient (Wildman–Crippen LogP) is 1.54. The molecule has 9 heavy (non-hydrogen) atoms. The Morgan fingerprint density at radius 2 is 2.11 bits per heavy atom. The molecule has 0 aromatic heterocycles. The number of aliphatic hydroxyl groups is 1. The van der Waals surface area contributed by atoms with Gasteiger partial charge in [-0.3, -0.25) is 0 Å². The van der Waals surface area contributed by atoms with Crippen LogP contribution in [0.5, 0.6) is 0 Å². The third-order valence-corrected chi connectivity index (χ3v) is 1.06. The summed E-state index contributed by atoms with van der Waals surface area (Å²) in [5.41, 5.74) is 0. The molecule has 0 amide bonds. The molecule has 0 bridgehead atoms. The van der Waals surface area contributed by atoms with Crippen molar-refractivity contribution in [1.29, 1.82) is 0 Å². The summed E-state index contributed by atoms with van der Waals surface area (Å²) in [7, 11) is 0. The zero-order chi connectivity index (χ0) is 7.28. The van der Waals surface area contributed by atoms with E-state index in [1.807, 2.05) is 13.8 Å². The Morgan fingerprint density at radius 3 is 2.44 bits per heavy atom. The minimum absolute atomic E-state index is 0.179. The summed E-state index contributed by atoms with van der Waals surface area (Å²) < 4.78 is 0. The van der Waals surface area contributed by atoms with E-state index in [-0.39, 0.29) is 4.83 Å². The third kappa shape index (κ3) is 5.88. The molecule has 1 N–H and O–H groups in total. The van der Waals surface area contributed by atoms with Gasteiger partial charge in [0.15, 0.2) is 0 Å². The third-order valence-electron chi connectivity index (χ3n) is 0.836. The van der Waals surface area contributed by atoms with Crippen LogP contribution in [0, 0.1) is 11.8 Å². The lowest BCUT2D eigenvalue weighted by atomic mass is 10.3. The van der Waals surface area contributed by atoms with Gasteiger partial charge in [0.1, 0.15) is 6.10 Å². The molecule has 0 aliphatic rings. The summed E-state index contributed by atoms with van der Waals surface area (Å²) in [6.45, 7) is 3.83. The molecule has 0 heterocycles. The molecule has 2 heteroatoms. The van der Waals surface area contributed by atoms with Gasteiger partial charge in [0.25, 0.3) is 0 Å². The largest absolute Gasteiger partial charge is 0.380 e. The quantitative estimate of drug-likeness (QED) is 0.492. The summed E-state index contributed by atoms with van der Waals surface area (Å²) in [6, 6.07) is 0. The van der Waals surface area contributed by atoms with E-state index >= 15 is 0 Å². The minimum atomic E-state index is -0.454. The van der Waals surface area contributed by atoms with E-state index in [1.54, 1.807) is 0 Å². The van der Waals surface area contributed by atoms with Crippen LogP contribution in [0.3, 0.4) is 0 Å². The molecule has 0 saturated carbocycles. The van der Waals surface area contributed by atoms with Gasteiger partial charge in [-0.1, -0.05) is 34.7 Å². The molecule has 52 valence electrons. The molecule has 1 nitrogen and oxygen atoms in total. The molecule has 0 aromatic rings. The van der Waals surface area contributed by atoms with Gasteiger partial charge >= 0.3 is 0 Å². The smallest absolute Gasteiger partial charge is 0.114 e. The van der Waals surface area contributed by atoms with Gasteiger partial charge in [-0.2, -0.15) is 0 Å². The fraction of sp³-hybridized carbons (Fsp3) is 0.714. The lowest BCUT2D eigenvalue weighted by Crippen LogP contribution is -1.99. The number of halogens is 1. The molecular weight excluding hydrogens is 180 g/mol. The number of rotatable bonds is 1. The monoisotopic (exact) mass is 190 g/mol. The van der Waals surface area contributed by atoms with Crippen LogP contribution in [-0.4, -0.2) is 16.0 Å². The van der Waals surface area contributed by atoms with Gasteiger partial charge < -0.3 is 5.11 Å². The highest BCUT2D eigenvalue weighted by Gasteiger charge is 1.91. The van der Waals surface area contributed by atoms with Gasteiger partial charge in [0.05, 0.1) is 4.83 Å². The number of alkyl halides is 1. The van der Waals surface area contributed by atoms with E-state index < -0.39 is 6.10 Å².